The molecular weight excluding hydrogens is 292 g/mol. The highest BCUT2D eigenvalue weighted by Gasteiger charge is 2.30. The van der Waals surface area contributed by atoms with E-state index in [-0.39, 0.29) is 30.3 Å². The Bertz CT molecular complexity index is 483. The molecule has 2 rings (SSSR count). The van der Waals surface area contributed by atoms with E-state index >= 15 is 0 Å². The van der Waals surface area contributed by atoms with Crippen molar-refractivity contribution in [3.05, 3.63) is 30.1 Å². The fourth-order valence-corrected chi connectivity index (χ4v) is 2.45. The minimum Gasteiger partial charge on any atom is -0.345 e. The molecule has 7 heteroatoms. The molecule has 2 unspecified atom stereocenters. The van der Waals surface area contributed by atoms with Crippen LogP contribution in [0.3, 0.4) is 0 Å². The Hall–Kier alpha value is -1.66. The van der Waals surface area contributed by atoms with E-state index in [0.29, 0.717) is 13.1 Å². The van der Waals surface area contributed by atoms with E-state index in [0.717, 1.165) is 12.1 Å². The van der Waals surface area contributed by atoms with Gasteiger partial charge in [0.05, 0.1) is 6.04 Å². The summed E-state index contributed by atoms with van der Waals surface area (Å²) in [7, 11) is 0. The third kappa shape index (κ3) is 4.41. The Balaban J connectivity index is 0.00000220. The van der Waals surface area contributed by atoms with Crippen molar-refractivity contribution in [3.63, 3.8) is 0 Å². The van der Waals surface area contributed by atoms with E-state index in [1.807, 2.05) is 17.0 Å². The van der Waals surface area contributed by atoms with Crippen LogP contribution < -0.4 is 10.6 Å². The molecule has 1 fully saturated rings. The van der Waals surface area contributed by atoms with Gasteiger partial charge in [0.2, 0.25) is 11.8 Å². The number of nitrogens with zero attached hydrogens (tertiary/aromatic N) is 2. The number of nitrogens with one attached hydrogen (secondary N) is 2. The Kier molecular flexibility index (Phi) is 6.58. The molecule has 1 aliphatic heterocycles. The summed E-state index contributed by atoms with van der Waals surface area (Å²) in [6.07, 6.45) is 3.49. The molecule has 0 bridgehead atoms. The van der Waals surface area contributed by atoms with Gasteiger partial charge in [0.25, 0.3) is 0 Å². The summed E-state index contributed by atoms with van der Waals surface area (Å²) in [4.78, 5) is 29.5. The Morgan fingerprint density at radius 1 is 1.52 bits per heavy atom. The lowest BCUT2D eigenvalue weighted by Crippen LogP contribution is -2.54. The molecule has 1 aromatic rings. The third-order valence-corrected chi connectivity index (χ3v) is 3.39. The maximum Gasteiger partial charge on any atom is 0.245 e. The van der Waals surface area contributed by atoms with Crippen LogP contribution in [0.2, 0.25) is 0 Å². The number of pyridine rings is 1. The average Bonchev–Trinajstić information content (AvgIpc) is 2.46. The van der Waals surface area contributed by atoms with Crippen molar-refractivity contribution >= 4 is 24.2 Å². The van der Waals surface area contributed by atoms with Crippen LogP contribution in [0, 0.1) is 0 Å². The van der Waals surface area contributed by atoms with Gasteiger partial charge in [0.15, 0.2) is 0 Å². The number of piperazine rings is 1. The first-order valence-electron chi connectivity index (χ1n) is 6.78. The minimum absolute atomic E-state index is 0. The molecule has 1 aliphatic rings. The van der Waals surface area contributed by atoms with Gasteiger partial charge in [0, 0.05) is 39.0 Å². The quantitative estimate of drug-likeness (QED) is 0.852. The molecular formula is C14H21ClN4O2. The lowest BCUT2D eigenvalue weighted by molar-refractivity contribution is -0.138. The van der Waals surface area contributed by atoms with Crippen LogP contribution in [0.1, 0.15) is 25.5 Å². The highest BCUT2D eigenvalue weighted by atomic mass is 35.5. The summed E-state index contributed by atoms with van der Waals surface area (Å²) in [6, 6.07) is 3.28. The topological polar surface area (TPSA) is 74.3 Å². The third-order valence-electron chi connectivity index (χ3n) is 3.39. The second kappa shape index (κ2) is 7.95. The van der Waals surface area contributed by atoms with Gasteiger partial charge in [-0.1, -0.05) is 6.07 Å². The smallest absolute Gasteiger partial charge is 0.245 e. The van der Waals surface area contributed by atoms with Crippen LogP contribution >= 0.6 is 12.4 Å². The average molecular weight is 313 g/mol. The number of halogens is 1. The fraction of sp³-hybridized carbons (Fsp3) is 0.500. The molecule has 0 spiro atoms. The highest BCUT2D eigenvalue weighted by Crippen LogP contribution is 2.22. The minimum atomic E-state index is -0.509. The molecule has 0 radical (unpaired) electrons. The van der Waals surface area contributed by atoms with Gasteiger partial charge in [0.1, 0.15) is 6.04 Å². The predicted octanol–water partition coefficient (Wildman–Crippen LogP) is 0.501. The second-order valence-corrected chi connectivity index (χ2v) is 4.96. The first kappa shape index (κ1) is 17.4. The molecule has 0 aromatic carbocycles. The predicted molar refractivity (Wildman–Crippen MR) is 82.1 cm³/mol. The van der Waals surface area contributed by atoms with Crippen molar-refractivity contribution in [2.75, 3.05) is 19.6 Å². The molecule has 2 heterocycles. The summed E-state index contributed by atoms with van der Waals surface area (Å²) in [6.45, 7) is 5.22. The van der Waals surface area contributed by atoms with Gasteiger partial charge in [-0.05, 0) is 18.6 Å². The zero-order valence-electron chi connectivity index (χ0n) is 12.2. The molecule has 21 heavy (non-hydrogen) atoms. The largest absolute Gasteiger partial charge is 0.345 e. The highest BCUT2D eigenvalue weighted by molar-refractivity contribution is 5.87. The van der Waals surface area contributed by atoms with Gasteiger partial charge in [-0.25, -0.2) is 0 Å². The fourth-order valence-electron chi connectivity index (χ4n) is 2.45. The van der Waals surface area contributed by atoms with E-state index in [4.69, 9.17) is 0 Å². The van der Waals surface area contributed by atoms with E-state index in [1.165, 1.54) is 6.92 Å². The lowest BCUT2D eigenvalue weighted by atomic mass is 10.0. The molecule has 2 amide bonds. The van der Waals surface area contributed by atoms with Crippen LogP contribution in [0.25, 0.3) is 0 Å². The summed E-state index contributed by atoms with van der Waals surface area (Å²) in [5.41, 5.74) is 1.00. The number of hydrogen-bond acceptors (Lipinski definition) is 4. The van der Waals surface area contributed by atoms with Crippen molar-refractivity contribution in [1.29, 1.82) is 0 Å². The van der Waals surface area contributed by atoms with Crippen LogP contribution in [0.5, 0.6) is 0 Å². The zero-order valence-corrected chi connectivity index (χ0v) is 13.0. The van der Waals surface area contributed by atoms with Crippen LogP contribution in [-0.4, -0.2) is 47.4 Å². The number of rotatable bonds is 3. The van der Waals surface area contributed by atoms with Crippen molar-refractivity contribution in [3.8, 4) is 0 Å². The Labute approximate surface area is 130 Å². The van der Waals surface area contributed by atoms with Gasteiger partial charge >= 0.3 is 0 Å². The van der Waals surface area contributed by atoms with Crippen molar-refractivity contribution in [2.24, 2.45) is 0 Å². The molecule has 6 nitrogen and oxygen atoms in total. The first-order chi connectivity index (χ1) is 9.59. The zero-order chi connectivity index (χ0) is 14.5. The number of carbonyl (C=O) groups excluding carboxylic acids is 2. The van der Waals surface area contributed by atoms with Crippen LogP contribution in [0.4, 0.5) is 0 Å². The monoisotopic (exact) mass is 312 g/mol. The molecule has 1 aromatic heterocycles. The SMILES string of the molecule is CC(=O)NC(C)C(=O)N1CCNCC1c1cccnc1.Cl. The van der Waals surface area contributed by atoms with Gasteiger partial charge < -0.3 is 15.5 Å². The summed E-state index contributed by atoms with van der Waals surface area (Å²) < 4.78 is 0. The summed E-state index contributed by atoms with van der Waals surface area (Å²) >= 11 is 0. The van der Waals surface area contributed by atoms with Crippen molar-refractivity contribution in [2.45, 2.75) is 25.9 Å². The standard InChI is InChI=1S/C14H20N4O2.ClH/c1-10(17-11(2)19)14(20)18-7-6-16-9-13(18)12-4-3-5-15-8-12;/h3-5,8,10,13,16H,6-7,9H2,1-2H3,(H,17,19);1H. The van der Waals surface area contributed by atoms with Gasteiger partial charge in [-0.15, -0.1) is 12.4 Å². The van der Waals surface area contributed by atoms with Gasteiger partial charge in [-0.3, -0.25) is 14.6 Å². The molecule has 116 valence electrons. The Morgan fingerprint density at radius 2 is 2.29 bits per heavy atom. The lowest BCUT2D eigenvalue weighted by Gasteiger charge is -2.37. The normalized spacial score (nSPS) is 19.3. The van der Waals surface area contributed by atoms with Gasteiger partial charge in [-0.2, -0.15) is 0 Å². The molecule has 0 aliphatic carbocycles. The molecule has 0 saturated carbocycles. The van der Waals surface area contributed by atoms with Crippen molar-refractivity contribution in [1.82, 2.24) is 20.5 Å². The van der Waals surface area contributed by atoms with E-state index in [1.54, 1.807) is 19.3 Å². The summed E-state index contributed by atoms with van der Waals surface area (Å²) in [5.74, 6) is -0.255. The van der Waals surface area contributed by atoms with Crippen LogP contribution in [0.15, 0.2) is 24.5 Å². The molecule has 2 atom stereocenters. The van der Waals surface area contributed by atoms with Crippen molar-refractivity contribution < 1.29 is 9.59 Å². The molecule has 2 N–H and O–H groups in total. The Morgan fingerprint density at radius 3 is 2.90 bits per heavy atom. The number of hydrogen-bond donors (Lipinski definition) is 2. The van der Waals surface area contributed by atoms with E-state index < -0.39 is 6.04 Å². The maximum atomic E-state index is 12.5. The van der Waals surface area contributed by atoms with E-state index in [9.17, 15) is 9.59 Å². The first-order valence-corrected chi connectivity index (χ1v) is 6.78. The number of carbonyl (C=O) groups is 2. The second-order valence-electron chi connectivity index (χ2n) is 4.96. The van der Waals surface area contributed by atoms with E-state index in [2.05, 4.69) is 15.6 Å². The number of aromatic nitrogens is 1. The molecule has 1 saturated heterocycles. The maximum absolute atomic E-state index is 12.5. The number of amides is 2. The summed E-state index contributed by atoms with van der Waals surface area (Å²) in [5, 5.41) is 5.93. The van der Waals surface area contributed by atoms with Crippen LogP contribution in [-0.2, 0) is 9.59 Å².